The van der Waals surface area contributed by atoms with Gasteiger partial charge < -0.3 is 9.64 Å². The normalized spacial score (nSPS) is 27.4. The zero-order chi connectivity index (χ0) is 15.7. The molecule has 0 radical (unpaired) electrons. The fourth-order valence-electron chi connectivity index (χ4n) is 2.62. The highest BCUT2D eigenvalue weighted by atomic mass is 79.9. The molecule has 0 saturated carbocycles. The summed E-state index contributed by atoms with van der Waals surface area (Å²) in [7, 11) is 0. The first-order chi connectivity index (χ1) is 10.5. The molecule has 1 saturated heterocycles. The maximum atomic E-state index is 12.1. The van der Waals surface area contributed by atoms with E-state index in [9.17, 15) is 4.79 Å². The van der Waals surface area contributed by atoms with Crippen LogP contribution in [0.25, 0.3) is 6.08 Å². The number of rotatable bonds is 1. The molecule has 1 aromatic rings. The SMILES string of the molecule is C[C@H]1CN(C2=NC(=O)/C(=C/c3cccc(Br)c3)S2)C[C@H](C)O1. The minimum atomic E-state index is -0.160. The second-order valence-electron chi connectivity index (χ2n) is 5.53. The molecule has 0 bridgehead atoms. The fourth-order valence-corrected chi connectivity index (χ4v) is 3.96. The summed E-state index contributed by atoms with van der Waals surface area (Å²) < 4.78 is 6.72. The Bertz CT molecular complexity index is 649. The summed E-state index contributed by atoms with van der Waals surface area (Å²) in [6.07, 6.45) is 2.20. The van der Waals surface area contributed by atoms with Gasteiger partial charge in [-0.2, -0.15) is 4.99 Å². The number of amides is 1. The van der Waals surface area contributed by atoms with Crippen LogP contribution in [0.4, 0.5) is 0 Å². The number of nitrogens with zero attached hydrogens (tertiary/aromatic N) is 2. The molecule has 0 spiro atoms. The molecular weight excluding hydrogens is 364 g/mol. The Balaban J connectivity index is 1.76. The number of ether oxygens (including phenoxy) is 1. The molecule has 1 fully saturated rings. The standard InChI is InChI=1S/C16H17BrN2O2S/c1-10-8-19(9-11(2)21-10)16-18-15(20)14(22-16)7-12-4-3-5-13(17)6-12/h3-7,10-11H,8-9H2,1-2H3/b14-7-/t10-,11-/m0/s1. The molecule has 0 N–H and O–H groups in total. The van der Waals surface area contributed by atoms with Crippen LogP contribution in [-0.2, 0) is 9.53 Å². The zero-order valence-electron chi connectivity index (χ0n) is 12.5. The number of halogens is 1. The van der Waals surface area contributed by atoms with Gasteiger partial charge >= 0.3 is 0 Å². The lowest BCUT2D eigenvalue weighted by atomic mass is 10.2. The van der Waals surface area contributed by atoms with E-state index in [1.807, 2.05) is 44.2 Å². The summed E-state index contributed by atoms with van der Waals surface area (Å²) in [5.74, 6) is -0.160. The van der Waals surface area contributed by atoms with Crippen molar-refractivity contribution in [3.05, 3.63) is 39.2 Å². The second-order valence-corrected chi connectivity index (χ2v) is 7.45. The summed E-state index contributed by atoms with van der Waals surface area (Å²) in [5, 5.41) is 0.785. The van der Waals surface area contributed by atoms with Crippen molar-refractivity contribution in [1.29, 1.82) is 0 Å². The van der Waals surface area contributed by atoms with Crippen molar-refractivity contribution in [3.8, 4) is 0 Å². The maximum absolute atomic E-state index is 12.1. The largest absolute Gasteiger partial charge is 0.372 e. The third-order valence-corrected chi connectivity index (χ3v) is 4.98. The van der Waals surface area contributed by atoms with Gasteiger partial charge in [0.05, 0.1) is 17.1 Å². The van der Waals surface area contributed by atoms with Crippen LogP contribution >= 0.6 is 27.7 Å². The van der Waals surface area contributed by atoms with Gasteiger partial charge in [0.25, 0.3) is 5.91 Å². The van der Waals surface area contributed by atoms with Crippen molar-refractivity contribution in [3.63, 3.8) is 0 Å². The van der Waals surface area contributed by atoms with Gasteiger partial charge in [-0.05, 0) is 49.4 Å². The molecule has 0 unspecified atom stereocenters. The van der Waals surface area contributed by atoms with Crippen LogP contribution < -0.4 is 0 Å². The molecule has 2 aliphatic heterocycles. The average molecular weight is 381 g/mol. The van der Waals surface area contributed by atoms with Crippen LogP contribution in [0.15, 0.2) is 38.6 Å². The van der Waals surface area contributed by atoms with Crippen molar-refractivity contribution in [2.24, 2.45) is 4.99 Å². The number of hydrogen-bond donors (Lipinski definition) is 0. The summed E-state index contributed by atoms with van der Waals surface area (Å²) in [6, 6.07) is 7.87. The van der Waals surface area contributed by atoms with Crippen molar-refractivity contribution < 1.29 is 9.53 Å². The van der Waals surface area contributed by atoms with E-state index in [2.05, 4.69) is 25.8 Å². The molecule has 4 nitrogen and oxygen atoms in total. The highest BCUT2D eigenvalue weighted by Gasteiger charge is 2.30. The van der Waals surface area contributed by atoms with Crippen LogP contribution in [0.3, 0.4) is 0 Å². The molecule has 2 heterocycles. The van der Waals surface area contributed by atoms with E-state index in [0.717, 1.165) is 28.3 Å². The van der Waals surface area contributed by atoms with Gasteiger partial charge in [-0.3, -0.25) is 4.79 Å². The Hall–Kier alpha value is -1.11. The number of amidine groups is 1. The Morgan fingerprint density at radius 2 is 2.09 bits per heavy atom. The summed E-state index contributed by atoms with van der Waals surface area (Å²) in [6.45, 7) is 5.63. The molecule has 1 aromatic carbocycles. The zero-order valence-corrected chi connectivity index (χ0v) is 14.9. The number of carbonyl (C=O) groups is 1. The lowest BCUT2D eigenvalue weighted by Crippen LogP contribution is -2.47. The molecule has 22 heavy (non-hydrogen) atoms. The Morgan fingerprint density at radius 1 is 1.36 bits per heavy atom. The average Bonchev–Trinajstić information content (AvgIpc) is 2.79. The number of benzene rings is 1. The van der Waals surface area contributed by atoms with Crippen LogP contribution in [0.2, 0.25) is 0 Å². The van der Waals surface area contributed by atoms with Crippen molar-refractivity contribution in [2.75, 3.05) is 13.1 Å². The Labute approximate surface area is 142 Å². The first-order valence-electron chi connectivity index (χ1n) is 7.20. The number of thioether (sulfide) groups is 1. The first kappa shape index (κ1) is 15.8. The molecule has 6 heteroatoms. The lowest BCUT2D eigenvalue weighted by Gasteiger charge is -2.35. The van der Waals surface area contributed by atoms with E-state index in [1.54, 1.807) is 0 Å². The van der Waals surface area contributed by atoms with E-state index in [4.69, 9.17) is 4.74 Å². The molecular formula is C16H17BrN2O2S. The quantitative estimate of drug-likeness (QED) is 0.698. The number of aliphatic imine (C=N–C) groups is 1. The van der Waals surface area contributed by atoms with Gasteiger partial charge in [0.2, 0.25) is 0 Å². The van der Waals surface area contributed by atoms with Gasteiger partial charge in [-0.1, -0.05) is 28.1 Å². The lowest BCUT2D eigenvalue weighted by molar-refractivity contribution is -0.113. The van der Waals surface area contributed by atoms with E-state index in [1.165, 1.54) is 11.8 Å². The van der Waals surface area contributed by atoms with Crippen molar-refractivity contribution in [2.45, 2.75) is 26.1 Å². The maximum Gasteiger partial charge on any atom is 0.286 e. The molecule has 1 amide bonds. The van der Waals surface area contributed by atoms with Gasteiger partial charge in [-0.15, -0.1) is 0 Å². The van der Waals surface area contributed by atoms with Gasteiger partial charge in [-0.25, -0.2) is 0 Å². The fraction of sp³-hybridized carbons (Fsp3) is 0.375. The summed E-state index contributed by atoms with van der Waals surface area (Å²) >= 11 is 4.89. The molecule has 116 valence electrons. The molecule has 0 aromatic heterocycles. The van der Waals surface area contributed by atoms with Crippen LogP contribution in [0.5, 0.6) is 0 Å². The topological polar surface area (TPSA) is 41.9 Å². The van der Waals surface area contributed by atoms with Gasteiger partial charge in [0, 0.05) is 17.6 Å². The highest BCUT2D eigenvalue weighted by Crippen LogP contribution is 2.31. The predicted molar refractivity (Wildman–Crippen MR) is 93.7 cm³/mol. The summed E-state index contributed by atoms with van der Waals surface area (Å²) in [4.78, 5) is 19.2. The highest BCUT2D eigenvalue weighted by molar-refractivity contribution is 9.10. The third kappa shape index (κ3) is 3.62. The molecule has 2 atom stereocenters. The van der Waals surface area contributed by atoms with E-state index in [0.29, 0.717) is 4.91 Å². The number of morpholine rings is 1. The van der Waals surface area contributed by atoms with Crippen LogP contribution in [0, 0.1) is 0 Å². The van der Waals surface area contributed by atoms with E-state index >= 15 is 0 Å². The molecule has 3 rings (SSSR count). The third-order valence-electron chi connectivity index (χ3n) is 3.45. The summed E-state index contributed by atoms with van der Waals surface area (Å²) in [5.41, 5.74) is 0.991. The van der Waals surface area contributed by atoms with Gasteiger partial charge in [0.15, 0.2) is 5.17 Å². The molecule has 2 aliphatic rings. The van der Waals surface area contributed by atoms with Crippen molar-refractivity contribution >= 4 is 44.8 Å². The number of hydrogen-bond acceptors (Lipinski definition) is 4. The number of carbonyl (C=O) groups excluding carboxylic acids is 1. The monoisotopic (exact) mass is 380 g/mol. The van der Waals surface area contributed by atoms with Crippen molar-refractivity contribution in [1.82, 2.24) is 4.90 Å². The smallest absolute Gasteiger partial charge is 0.286 e. The van der Waals surface area contributed by atoms with E-state index in [-0.39, 0.29) is 18.1 Å². The molecule has 0 aliphatic carbocycles. The predicted octanol–water partition coefficient (Wildman–Crippen LogP) is 3.53. The van der Waals surface area contributed by atoms with Gasteiger partial charge in [0.1, 0.15) is 0 Å². The van der Waals surface area contributed by atoms with Crippen LogP contribution in [0.1, 0.15) is 19.4 Å². The minimum absolute atomic E-state index is 0.153. The second kappa shape index (κ2) is 6.56. The van der Waals surface area contributed by atoms with Crippen LogP contribution in [-0.4, -0.2) is 41.3 Å². The first-order valence-corrected chi connectivity index (χ1v) is 8.81. The Kier molecular flexibility index (Phi) is 4.70. The van der Waals surface area contributed by atoms with E-state index < -0.39 is 0 Å². The minimum Gasteiger partial charge on any atom is -0.372 e. The Morgan fingerprint density at radius 3 is 2.77 bits per heavy atom.